The van der Waals surface area contributed by atoms with Crippen LogP contribution in [0.25, 0.3) is 10.9 Å². The number of likely N-dealkylation sites (tertiary alicyclic amines) is 1. The van der Waals surface area contributed by atoms with Gasteiger partial charge >= 0.3 is 0 Å². The van der Waals surface area contributed by atoms with Crippen LogP contribution in [0.2, 0.25) is 0 Å². The Labute approximate surface area is 125 Å². The maximum absolute atomic E-state index is 12.3. The van der Waals surface area contributed by atoms with Gasteiger partial charge in [-0.2, -0.15) is 0 Å². The van der Waals surface area contributed by atoms with Crippen LogP contribution in [-0.2, 0) is 4.79 Å². The van der Waals surface area contributed by atoms with E-state index in [1.807, 2.05) is 31.3 Å². The lowest BCUT2D eigenvalue weighted by Gasteiger charge is -2.16. The van der Waals surface area contributed by atoms with E-state index in [0.717, 1.165) is 29.6 Å². The van der Waals surface area contributed by atoms with E-state index < -0.39 is 0 Å². The minimum Gasteiger partial charge on any atom is -0.361 e. The van der Waals surface area contributed by atoms with Crippen molar-refractivity contribution in [3.63, 3.8) is 0 Å². The van der Waals surface area contributed by atoms with Gasteiger partial charge in [0.2, 0.25) is 5.91 Å². The molecule has 1 atom stereocenters. The molecule has 2 aromatic rings. The van der Waals surface area contributed by atoms with Crippen molar-refractivity contribution in [2.75, 3.05) is 26.2 Å². The lowest BCUT2D eigenvalue weighted by molar-refractivity contribution is -0.122. The van der Waals surface area contributed by atoms with E-state index >= 15 is 0 Å². The van der Waals surface area contributed by atoms with Gasteiger partial charge in [0.1, 0.15) is 0 Å². The van der Waals surface area contributed by atoms with E-state index in [-0.39, 0.29) is 11.8 Å². The van der Waals surface area contributed by atoms with Crippen LogP contribution < -0.4 is 5.32 Å². The minimum atomic E-state index is -0.125. The van der Waals surface area contributed by atoms with E-state index in [0.29, 0.717) is 0 Å². The minimum absolute atomic E-state index is 0.110. The van der Waals surface area contributed by atoms with Crippen LogP contribution in [0.15, 0.2) is 30.5 Å². The first-order valence-corrected chi connectivity index (χ1v) is 7.82. The number of nitrogens with one attached hydrogen (secondary N) is 2. The summed E-state index contributed by atoms with van der Waals surface area (Å²) in [7, 11) is 0. The maximum Gasteiger partial charge on any atom is 0.227 e. The summed E-state index contributed by atoms with van der Waals surface area (Å²) in [5.74, 6) is -0.0151. The van der Waals surface area contributed by atoms with Gasteiger partial charge < -0.3 is 15.2 Å². The second-order valence-electron chi connectivity index (χ2n) is 5.85. The molecule has 1 saturated heterocycles. The largest absolute Gasteiger partial charge is 0.361 e. The first-order chi connectivity index (χ1) is 10.3. The third-order valence-electron chi connectivity index (χ3n) is 4.41. The average Bonchev–Trinajstić information content (AvgIpc) is 3.15. The highest BCUT2D eigenvalue weighted by Crippen LogP contribution is 2.25. The van der Waals surface area contributed by atoms with Gasteiger partial charge in [0.05, 0.1) is 5.92 Å². The molecular weight excluding hydrogens is 262 g/mol. The number of amides is 1. The summed E-state index contributed by atoms with van der Waals surface area (Å²) in [5.41, 5.74) is 2.16. The number of carbonyl (C=O) groups excluding carboxylic acids is 1. The zero-order chi connectivity index (χ0) is 14.7. The Morgan fingerprint density at radius 2 is 2.10 bits per heavy atom. The lowest BCUT2D eigenvalue weighted by atomic mass is 10.00. The molecule has 0 spiro atoms. The molecular formula is C17H23N3O. The number of benzene rings is 1. The Kier molecular flexibility index (Phi) is 4.25. The third kappa shape index (κ3) is 3.10. The average molecular weight is 285 g/mol. The quantitative estimate of drug-likeness (QED) is 0.886. The van der Waals surface area contributed by atoms with Crippen LogP contribution in [0.5, 0.6) is 0 Å². The molecule has 21 heavy (non-hydrogen) atoms. The van der Waals surface area contributed by atoms with E-state index in [1.165, 1.54) is 25.9 Å². The van der Waals surface area contributed by atoms with E-state index in [4.69, 9.17) is 0 Å². The fourth-order valence-corrected chi connectivity index (χ4v) is 3.09. The Balaban J connectivity index is 1.58. The van der Waals surface area contributed by atoms with Crippen LogP contribution in [0.4, 0.5) is 0 Å². The molecule has 2 N–H and O–H groups in total. The number of aromatic amines is 1. The van der Waals surface area contributed by atoms with Crippen molar-refractivity contribution in [2.24, 2.45) is 0 Å². The van der Waals surface area contributed by atoms with Gasteiger partial charge in [-0.05, 0) is 44.5 Å². The highest BCUT2D eigenvalue weighted by atomic mass is 16.1. The fraction of sp³-hybridized carbons (Fsp3) is 0.471. The molecule has 2 heterocycles. The van der Waals surface area contributed by atoms with Crippen LogP contribution in [-0.4, -0.2) is 42.0 Å². The number of hydrogen-bond acceptors (Lipinski definition) is 2. The third-order valence-corrected chi connectivity index (χ3v) is 4.41. The predicted molar refractivity (Wildman–Crippen MR) is 85.4 cm³/mol. The number of nitrogens with zero attached hydrogens (tertiary/aromatic N) is 1. The number of rotatable bonds is 5. The number of para-hydroxylation sites is 1. The summed E-state index contributed by atoms with van der Waals surface area (Å²) in [4.78, 5) is 18.0. The first-order valence-electron chi connectivity index (χ1n) is 7.82. The highest BCUT2D eigenvalue weighted by molar-refractivity contribution is 5.91. The van der Waals surface area contributed by atoms with Gasteiger partial charge in [-0.3, -0.25) is 4.79 Å². The molecule has 1 aromatic carbocycles. The molecule has 3 rings (SSSR count). The van der Waals surface area contributed by atoms with Crippen molar-refractivity contribution in [1.82, 2.24) is 15.2 Å². The topological polar surface area (TPSA) is 48.1 Å². The van der Waals surface area contributed by atoms with Crippen molar-refractivity contribution in [1.29, 1.82) is 0 Å². The molecule has 0 saturated carbocycles. The second kappa shape index (κ2) is 6.31. The van der Waals surface area contributed by atoms with Crippen LogP contribution in [0, 0.1) is 0 Å². The number of fused-ring (bicyclic) bond motifs is 1. The molecule has 0 bridgehead atoms. The van der Waals surface area contributed by atoms with E-state index in [9.17, 15) is 4.79 Å². The van der Waals surface area contributed by atoms with Gasteiger partial charge in [0.25, 0.3) is 0 Å². The fourth-order valence-electron chi connectivity index (χ4n) is 3.09. The molecule has 1 amide bonds. The molecule has 0 radical (unpaired) electrons. The van der Waals surface area contributed by atoms with Crippen molar-refractivity contribution in [3.8, 4) is 0 Å². The Morgan fingerprint density at radius 1 is 1.33 bits per heavy atom. The molecule has 1 fully saturated rings. The Bertz CT molecular complexity index is 613. The monoisotopic (exact) mass is 285 g/mol. The molecule has 1 aliphatic rings. The number of hydrogen-bond donors (Lipinski definition) is 2. The highest BCUT2D eigenvalue weighted by Gasteiger charge is 2.19. The molecule has 1 aromatic heterocycles. The molecule has 1 aliphatic heterocycles. The SMILES string of the molecule is CC(C(=O)NCCN1CCCC1)c1c[nH]c2ccccc12. The summed E-state index contributed by atoms with van der Waals surface area (Å²) >= 11 is 0. The van der Waals surface area contributed by atoms with Crippen LogP contribution in [0.3, 0.4) is 0 Å². The van der Waals surface area contributed by atoms with Crippen molar-refractivity contribution >= 4 is 16.8 Å². The van der Waals surface area contributed by atoms with Crippen molar-refractivity contribution in [2.45, 2.75) is 25.7 Å². The predicted octanol–water partition coefficient (Wildman–Crippen LogP) is 2.48. The smallest absolute Gasteiger partial charge is 0.227 e. The van der Waals surface area contributed by atoms with E-state index in [1.54, 1.807) is 0 Å². The maximum atomic E-state index is 12.3. The first kappa shape index (κ1) is 14.1. The molecule has 4 heteroatoms. The van der Waals surface area contributed by atoms with Crippen molar-refractivity contribution < 1.29 is 4.79 Å². The number of carbonyl (C=O) groups is 1. The number of aromatic nitrogens is 1. The zero-order valence-electron chi connectivity index (χ0n) is 12.6. The summed E-state index contributed by atoms with van der Waals surface area (Å²) in [6.07, 6.45) is 4.54. The van der Waals surface area contributed by atoms with Gasteiger partial charge in [-0.25, -0.2) is 0 Å². The van der Waals surface area contributed by atoms with Gasteiger partial charge in [-0.1, -0.05) is 18.2 Å². The van der Waals surface area contributed by atoms with Gasteiger partial charge in [-0.15, -0.1) is 0 Å². The molecule has 4 nitrogen and oxygen atoms in total. The molecule has 112 valence electrons. The second-order valence-corrected chi connectivity index (χ2v) is 5.85. The summed E-state index contributed by atoms with van der Waals surface area (Å²) in [6, 6.07) is 8.12. The summed E-state index contributed by atoms with van der Waals surface area (Å²) in [5, 5.41) is 4.21. The van der Waals surface area contributed by atoms with Gasteiger partial charge in [0, 0.05) is 30.2 Å². The van der Waals surface area contributed by atoms with E-state index in [2.05, 4.69) is 21.3 Å². The van der Waals surface area contributed by atoms with Crippen LogP contribution in [0.1, 0.15) is 31.2 Å². The Hall–Kier alpha value is -1.81. The standard InChI is InChI=1S/C17H23N3O/c1-13(15-12-19-16-7-3-2-6-14(15)16)17(21)18-8-11-20-9-4-5-10-20/h2-3,6-7,12-13,19H,4-5,8-11H2,1H3,(H,18,21). The lowest BCUT2D eigenvalue weighted by Crippen LogP contribution is -2.35. The number of H-pyrrole nitrogens is 1. The normalized spacial score (nSPS) is 17.2. The van der Waals surface area contributed by atoms with Crippen molar-refractivity contribution in [3.05, 3.63) is 36.0 Å². The van der Waals surface area contributed by atoms with Crippen LogP contribution >= 0.6 is 0 Å². The Morgan fingerprint density at radius 3 is 2.90 bits per heavy atom. The molecule has 1 unspecified atom stereocenters. The van der Waals surface area contributed by atoms with Gasteiger partial charge in [0.15, 0.2) is 0 Å². The summed E-state index contributed by atoms with van der Waals surface area (Å²) < 4.78 is 0. The molecule has 0 aliphatic carbocycles. The zero-order valence-corrected chi connectivity index (χ0v) is 12.6. The summed E-state index contributed by atoms with van der Waals surface area (Å²) in [6.45, 7) is 6.03.